The maximum Gasteiger partial charge on any atom is 0.0668 e. The minimum absolute atomic E-state index is 0.294. The highest BCUT2D eigenvalue weighted by Gasteiger charge is 2.12. The molecule has 0 radical (unpaired) electrons. The second-order valence-corrected chi connectivity index (χ2v) is 5.19. The summed E-state index contributed by atoms with van der Waals surface area (Å²) in [6.45, 7) is 0. The van der Waals surface area contributed by atoms with E-state index in [0.29, 0.717) is 6.04 Å². The van der Waals surface area contributed by atoms with Crippen LogP contribution in [-0.4, -0.2) is 7.05 Å². The Morgan fingerprint density at radius 1 is 1.27 bits per heavy atom. The molecule has 1 N–H and O–H groups in total. The van der Waals surface area contributed by atoms with Crippen LogP contribution in [0, 0.1) is 0 Å². The maximum atomic E-state index is 3.50. The predicted molar refractivity (Wildman–Crippen MR) is 69.4 cm³/mol. The molecule has 1 aromatic carbocycles. The summed E-state index contributed by atoms with van der Waals surface area (Å²) in [6, 6.07) is 13.0. The first-order chi connectivity index (χ1) is 7.31. The monoisotopic (exact) mass is 281 g/mol. The van der Waals surface area contributed by atoms with Crippen molar-refractivity contribution in [3.05, 3.63) is 56.7 Å². The zero-order chi connectivity index (χ0) is 10.7. The van der Waals surface area contributed by atoms with Crippen LogP contribution in [0.2, 0.25) is 0 Å². The van der Waals surface area contributed by atoms with E-state index in [0.717, 1.165) is 4.47 Å². The third-order valence-electron chi connectivity index (χ3n) is 2.30. The van der Waals surface area contributed by atoms with E-state index in [-0.39, 0.29) is 0 Å². The smallest absolute Gasteiger partial charge is 0.0668 e. The van der Waals surface area contributed by atoms with Crippen LogP contribution >= 0.6 is 27.3 Å². The molecule has 0 fully saturated rings. The molecule has 0 spiro atoms. The van der Waals surface area contributed by atoms with Crippen molar-refractivity contribution < 1.29 is 0 Å². The summed E-state index contributed by atoms with van der Waals surface area (Å²) in [5.41, 5.74) is 1.29. The molecular formula is C12H12BrNS. The fraction of sp³-hybridized carbons (Fsp3) is 0.167. The lowest BCUT2D eigenvalue weighted by Crippen LogP contribution is -2.16. The summed E-state index contributed by atoms with van der Waals surface area (Å²) < 4.78 is 1.12. The third-order valence-corrected chi connectivity index (χ3v) is 3.73. The molecule has 0 aliphatic rings. The molecule has 78 valence electrons. The maximum absolute atomic E-state index is 3.50. The third kappa shape index (κ3) is 2.48. The number of hydrogen-bond acceptors (Lipinski definition) is 2. The largest absolute Gasteiger partial charge is 0.309 e. The van der Waals surface area contributed by atoms with Crippen molar-refractivity contribution in [2.45, 2.75) is 6.04 Å². The molecule has 3 heteroatoms. The Bertz CT molecular complexity index is 425. The fourth-order valence-electron chi connectivity index (χ4n) is 1.61. The standard InChI is InChI=1S/C12H12BrNS/c1-14-12(11-6-3-7-15-11)9-4-2-5-10(13)8-9/h2-8,12,14H,1H3. The van der Waals surface area contributed by atoms with Gasteiger partial charge in [0.05, 0.1) is 6.04 Å². The molecule has 0 bridgehead atoms. The zero-order valence-corrected chi connectivity index (χ0v) is 10.8. The minimum Gasteiger partial charge on any atom is -0.309 e. The molecule has 2 aromatic rings. The Morgan fingerprint density at radius 3 is 2.73 bits per heavy atom. The van der Waals surface area contributed by atoms with E-state index < -0.39 is 0 Å². The molecule has 1 nitrogen and oxygen atoms in total. The van der Waals surface area contributed by atoms with Crippen LogP contribution in [0.1, 0.15) is 16.5 Å². The number of benzene rings is 1. The quantitative estimate of drug-likeness (QED) is 0.902. The van der Waals surface area contributed by atoms with Crippen molar-refractivity contribution in [1.29, 1.82) is 0 Å². The lowest BCUT2D eigenvalue weighted by Gasteiger charge is -2.15. The Hall–Kier alpha value is -0.640. The van der Waals surface area contributed by atoms with E-state index in [1.165, 1.54) is 10.4 Å². The molecule has 15 heavy (non-hydrogen) atoms. The lowest BCUT2D eigenvalue weighted by molar-refractivity contribution is 0.703. The Labute approximate surface area is 102 Å². The van der Waals surface area contributed by atoms with Gasteiger partial charge in [-0.2, -0.15) is 0 Å². The normalized spacial score (nSPS) is 12.7. The van der Waals surface area contributed by atoms with Crippen LogP contribution in [0.3, 0.4) is 0 Å². The molecule has 0 aliphatic carbocycles. The molecule has 2 rings (SSSR count). The van der Waals surface area contributed by atoms with Gasteiger partial charge >= 0.3 is 0 Å². The number of rotatable bonds is 3. The highest BCUT2D eigenvalue weighted by atomic mass is 79.9. The highest BCUT2D eigenvalue weighted by Crippen LogP contribution is 2.27. The molecule has 1 heterocycles. The molecule has 0 aliphatic heterocycles. The van der Waals surface area contributed by atoms with Crippen molar-refractivity contribution in [2.75, 3.05) is 7.05 Å². The molecule has 1 unspecified atom stereocenters. The minimum atomic E-state index is 0.294. The van der Waals surface area contributed by atoms with Gasteiger partial charge < -0.3 is 5.32 Å². The number of nitrogens with one attached hydrogen (secondary N) is 1. The first kappa shape index (κ1) is 10.9. The summed E-state index contributed by atoms with van der Waals surface area (Å²) in [4.78, 5) is 1.34. The van der Waals surface area contributed by atoms with E-state index in [1.807, 2.05) is 13.1 Å². The van der Waals surface area contributed by atoms with Crippen LogP contribution in [0.5, 0.6) is 0 Å². The van der Waals surface area contributed by atoms with Gasteiger partial charge in [0, 0.05) is 9.35 Å². The Morgan fingerprint density at radius 2 is 2.13 bits per heavy atom. The molecule has 1 atom stereocenters. The van der Waals surface area contributed by atoms with Crippen LogP contribution in [-0.2, 0) is 0 Å². The predicted octanol–water partition coefficient (Wildman–Crippen LogP) is 3.82. The van der Waals surface area contributed by atoms with Crippen LogP contribution < -0.4 is 5.32 Å². The van der Waals surface area contributed by atoms with Gasteiger partial charge in [0.15, 0.2) is 0 Å². The van der Waals surface area contributed by atoms with Crippen LogP contribution in [0.25, 0.3) is 0 Å². The number of thiophene rings is 1. The van der Waals surface area contributed by atoms with E-state index in [1.54, 1.807) is 11.3 Å². The second-order valence-electron chi connectivity index (χ2n) is 3.29. The van der Waals surface area contributed by atoms with E-state index in [2.05, 4.69) is 57.0 Å². The van der Waals surface area contributed by atoms with Gasteiger partial charge in [0.1, 0.15) is 0 Å². The van der Waals surface area contributed by atoms with E-state index in [9.17, 15) is 0 Å². The average Bonchev–Trinajstić information content (AvgIpc) is 2.72. The summed E-state index contributed by atoms with van der Waals surface area (Å²) in [6.07, 6.45) is 0. The molecular weight excluding hydrogens is 270 g/mol. The van der Waals surface area contributed by atoms with E-state index >= 15 is 0 Å². The molecule has 0 saturated heterocycles. The SMILES string of the molecule is CNC(c1cccc(Br)c1)c1cccs1. The number of halogens is 1. The first-order valence-corrected chi connectivity index (χ1v) is 6.44. The van der Waals surface area contributed by atoms with Gasteiger partial charge in [-0.15, -0.1) is 11.3 Å². The lowest BCUT2D eigenvalue weighted by atomic mass is 10.1. The first-order valence-electron chi connectivity index (χ1n) is 4.77. The average molecular weight is 282 g/mol. The van der Waals surface area contributed by atoms with Crippen molar-refractivity contribution in [2.24, 2.45) is 0 Å². The van der Waals surface area contributed by atoms with Crippen molar-refractivity contribution in [1.82, 2.24) is 5.32 Å². The van der Waals surface area contributed by atoms with Crippen molar-refractivity contribution in [3.63, 3.8) is 0 Å². The summed E-state index contributed by atoms with van der Waals surface area (Å²) in [5, 5.41) is 5.45. The number of hydrogen-bond donors (Lipinski definition) is 1. The Kier molecular flexibility index (Phi) is 3.57. The van der Waals surface area contributed by atoms with Gasteiger partial charge in [-0.25, -0.2) is 0 Å². The summed E-state index contributed by atoms with van der Waals surface area (Å²) in [7, 11) is 1.99. The molecule has 0 saturated carbocycles. The molecule has 1 aromatic heterocycles. The van der Waals surface area contributed by atoms with Gasteiger partial charge in [-0.05, 0) is 36.2 Å². The zero-order valence-electron chi connectivity index (χ0n) is 8.41. The fourth-order valence-corrected chi connectivity index (χ4v) is 2.89. The van der Waals surface area contributed by atoms with Gasteiger partial charge in [0.2, 0.25) is 0 Å². The Balaban J connectivity index is 2.35. The summed E-state index contributed by atoms with van der Waals surface area (Å²) in [5.74, 6) is 0. The summed E-state index contributed by atoms with van der Waals surface area (Å²) >= 11 is 5.28. The van der Waals surface area contributed by atoms with Crippen LogP contribution in [0.15, 0.2) is 46.3 Å². The van der Waals surface area contributed by atoms with Gasteiger partial charge in [-0.1, -0.05) is 34.1 Å². The second kappa shape index (κ2) is 4.92. The van der Waals surface area contributed by atoms with E-state index in [4.69, 9.17) is 0 Å². The van der Waals surface area contributed by atoms with Crippen molar-refractivity contribution >= 4 is 27.3 Å². The van der Waals surface area contributed by atoms with Crippen LogP contribution in [0.4, 0.5) is 0 Å². The topological polar surface area (TPSA) is 12.0 Å². The van der Waals surface area contributed by atoms with Gasteiger partial charge in [0.25, 0.3) is 0 Å². The van der Waals surface area contributed by atoms with Crippen molar-refractivity contribution in [3.8, 4) is 0 Å². The van der Waals surface area contributed by atoms with Gasteiger partial charge in [-0.3, -0.25) is 0 Å². The highest BCUT2D eigenvalue weighted by molar-refractivity contribution is 9.10. The molecule has 0 amide bonds.